The van der Waals surface area contributed by atoms with Gasteiger partial charge in [0.25, 0.3) is 0 Å². The van der Waals surface area contributed by atoms with Crippen molar-refractivity contribution < 1.29 is 14.6 Å². The van der Waals surface area contributed by atoms with E-state index in [9.17, 15) is 9.90 Å². The molecule has 4 nitrogen and oxygen atoms in total. The largest absolute Gasteiger partial charge is 0.496 e. The van der Waals surface area contributed by atoms with Gasteiger partial charge in [0.2, 0.25) is 5.91 Å². The maximum absolute atomic E-state index is 12.4. The van der Waals surface area contributed by atoms with Gasteiger partial charge in [0, 0.05) is 25.0 Å². The standard InChI is InChI=1S/C19H29NO3/c1-14(16-9-6-7-11-18(16)23-2)12-19(22)20-17-10-5-3-4-8-15(17)13-21/h6-7,9,11,14-15,17,21H,3-5,8,10,12-13H2,1-2H3,(H,20,22). The van der Waals surface area contributed by atoms with Crippen LogP contribution in [-0.4, -0.2) is 30.8 Å². The van der Waals surface area contributed by atoms with Gasteiger partial charge in [0.05, 0.1) is 7.11 Å². The molecule has 0 spiro atoms. The van der Waals surface area contributed by atoms with E-state index in [1.165, 1.54) is 6.42 Å². The van der Waals surface area contributed by atoms with Gasteiger partial charge in [-0.05, 0) is 30.4 Å². The van der Waals surface area contributed by atoms with Gasteiger partial charge in [-0.3, -0.25) is 4.79 Å². The second-order valence-corrected chi connectivity index (χ2v) is 6.60. The molecule has 1 aliphatic carbocycles. The van der Waals surface area contributed by atoms with E-state index >= 15 is 0 Å². The highest BCUT2D eigenvalue weighted by Gasteiger charge is 2.25. The second-order valence-electron chi connectivity index (χ2n) is 6.60. The predicted octanol–water partition coefficient (Wildman–Crippen LogP) is 3.25. The molecule has 4 heteroatoms. The van der Waals surface area contributed by atoms with Crippen LogP contribution in [-0.2, 0) is 4.79 Å². The quantitative estimate of drug-likeness (QED) is 0.791. The van der Waals surface area contributed by atoms with Crippen LogP contribution >= 0.6 is 0 Å². The van der Waals surface area contributed by atoms with Crippen LogP contribution in [0.25, 0.3) is 0 Å². The summed E-state index contributed by atoms with van der Waals surface area (Å²) in [7, 11) is 1.66. The molecule has 2 N–H and O–H groups in total. The van der Waals surface area contributed by atoms with Crippen molar-refractivity contribution in [2.75, 3.05) is 13.7 Å². The highest BCUT2D eigenvalue weighted by Crippen LogP contribution is 2.29. The maximum Gasteiger partial charge on any atom is 0.220 e. The molecule has 1 aliphatic rings. The van der Waals surface area contributed by atoms with Crippen molar-refractivity contribution in [3.63, 3.8) is 0 Å². The Kier molecular flexibility index (Phi) is 6.90. The summed E-state index contributed by atoms with van der Waals surface area (Å²) in [6.45, 7) is 2.21. The second kappa shape index (κ2) is 8.92. The Morgan fingerprint density at radius 2 is 2.04 bits per heavy atom. The molecular formula is C19H29NO3. The van der Waals surface area contributed by atoms with E-state index in [4.69, 9.17) is 4.74 Å². The minimum atomic E-state index is 0.0637. The van der Waals surface area contributed by atoms with Gasteiger partial charge < -0.3 is 15.2 Å². The van der Waals surface area contributed by atoms with Gasteiger partial charge in [-0.1, -0.05) is 44.4 Å². The van der Waals surface area contributed by atoms with Gasteiger partial charge >= 0.3 is 0 Å². The number of rotatable bonds is 6. The average Bonchev–Trinajstić information content (AvgIpc) is 2.79. The molecule has 23 heavy (non-hydrogen) atoms. The predicted molar refractivity (Wildman–Crippen MR) is 91.6 cm³/mol. The zero-order valence-corrected chi connectivity index (χ0v) is 14.3. The van der Waals surface area contributed by atoms with Crippen molar-refractivity contribution in [3.05, 3.63) is 29.8 Å². The number of ether oxygens (including phenoxy) is 1. The van der Waals surface area contributed by atoms with E-state index in [0.717, 1.165) is 37.0 Å². The third kappa shape index (κ3) is 4.96. The molecule has 1 fully saturated rings. The Bertz CT molecular complexity index is 503. The van der Waals surface area contributed by atoms with Crippen LogP contribution in [0.15, 0.2) is 24.3 Å². The Morgan fingerprint density at radius 3 is 2.78 bits per heavy atom. The van der Waals surface area contributed by atoms with Crippen LogP contribution in [0.3, 0.4) is 0 Å². The number of carbonyl (C=O) groups excluding carboxylic acids is 1. The first-order chi connectivity index (χ1) is 11.2. The number of para-hydroxylation sites is 1. The highest BCUT2D eigenvalue weighted by atomic mass is 16.5. The van der Waals surface area contributed by atoms with E-state index in [0.29, 0.717) is 6.42 Å². The van der Waals surface area contributed by atoms with Gasteiger partial charge in [-0.15, -0.1) is 0 Å². The molecule has 1 amide bonds. The molecule has 3 unspecified atom stereocenters. The van der Waals surface area contributed by atoms with E-state index in [1.54, 1.807) is 7.11 Å². The van der Waals surface area contributed by atoms with E-state index in [1.807, 2.05) is 31.2 Å². The number of amides is 1. The van der Waals surface area contributed by atoms with Crippen LogP contribution in [0.1, 0.15) is 56.9 Å². The molecule has 0 radical (unpaired) electrons. The lowest BCUT2D eigenvalue weighted by atomic mass is 9.93. The summed E-state index contributed by atoms with van der Waals surface area (Å²) >= 11 is 0. The van der Waals surface area contributed by atoms with Crippen molar-refractivity contribution in [3.8, 4) is 5.75 Å². The van der Waals surface area contributed by atoms with Crippen molar-refractivity contribution in [2.45, 2.75) is 57.4 Å². The lowest BCUT2D eigenvalue weighted by Crippen LogP contribution is -2.41. The summed E-state index contributed by atoms with van der Waals surface area (Å²) in [5.74, 6) is 1.19. The van der Waals surface area contributed by atoms with Crippen LogP contribution in [0, 0.1) is 5.92 Å². The first-order valence-corrected chi connectivity index (χ1v) is 8.68. The van der Waals surface area contributed by atoms with Crippen LogP contribution in [0.4, 0.5) is 0 Å². The number of nitrogens with one attached hydrogen (secondary N) is 1. The molecule has 2 rings (SSSR count). The minimum Gasteiger partial charge on any atom is -0.496 e. The van der Waals surface area contributed by atoms with Crippen LogP contribution < -0.4 is 10.1 Å². The van der Waals surface area contributed by atoms with Crippen LogP contribution in [0.2, 0.25) is 0 Å². The summed E-state index contributed by atoms with van der Waals surface area (Å²) < 4.78 is 5.38. The smallest absolute Gasteiger partial charge is 0.220 e. The molecule has 1 saturated carbocycles. The van der Waals surface area contributed by atoms with Crippen molar-refractivity contribution in [1.29, 1.82) is 0 Å². The normalized spacial score (nSPS) is 22.9. The van der Waals surface area contributed by atoms with Crippen molar-refractivity contribution in [1.82, 2.24) is 5.32 Å². The van der Waals surface area contributed by atoms with Gasteiger partial charge in [-0.2, -0.15) is 0 Å². The third-order valence-corrected chi connectivity index (χ3v) is 4.90. The molecule has 3 atom stereocenters. The molecule has 0 aliphatic heterocycles. The maximum atomic E-state index is 12.4. The summed E-state index contributed by atoms with van der Waals surface area (Å²) in [6.07, 6.45) is 5.89. The fourth-order valence-corrected chi connectivity index (χ4v) is 3.52. The lowest BCUT2D eigenvalue weighted by molar-refractivity contribution is -0.122. The Hall–Kier alpha value is -1.55. The summed E-state index contributed by atoms with van der Waals surface area (Å²) in [6, 6.07) is 7.96. The van der Waals surface area contributed by atoms with Crippen molar-refractivity contribution >= 4 is 5.91 Å². The van der Waals surface area contributed by atoms with E-state index < -0.39 is 0 Å². The third-order valence-electron chi connectivity index (χ3n) is 4.90. The van der Waals surface area contributed by atoms with Gasteiger partial charge in [0.15, 0.2) is 0 Å². The summed E-state index contributed by atoms with van der Waals surface area (Å²) in [5.41, 5.74) is 1.06. The molecule has 1 aromatic carbocycles. The Morgan fingerprint density at radius 1 is 1.30 bits per heavy atom. The van der Waals surface area contributed by atoms with E-state index in [2.05, 4.69) is 5.32 Å². The number of methoxy groups -OCH3 is 1. The first-order valence-electron chi connectivity index (χ1n) is 8.68. The number of hydrogen-bond donors (Lipinski definition) is 2. The molecule has 0 bridgehead atoms. The average molecular weight is 319 g/mol. The molecule has 128 valence electrons. The summed E-state index contributed by atoms with van der Waals surface area (Å²) in [5, 5.41) is 12.7. The fourth-order valence-electron chi connectivity index (χ4n) is 3.52. The topological polar surface area (TPSA) is 58.6 Å². The SMILES string of the molecule is COc1ccccc1C(C)CC(=O)NC1CCCCCC1CO. The number of aliphatic hydroxyl groups excluding tert-OH is 1. The van der Waals surface area contributed by atoms with Crippen molar-refractivity contribution in [2.24, 2.45) is 5.92 Å². The minimum absolute atomic E-state index is 0.0637. The molecule has 0 heterocycles. The van der Waals surface area contributed by atoms with E-state index in [-0.39, 0.29) is 30.4 Å². The molecule has 0 saturated heterocycles. The highest BCUT2D eigenvalue weighted by molar-refractivity contribution is 5.77. The van der Waals surface area contributed by atoms with Gasteiger partial charge in [0.1, 0.15) is 5.75 Å². The number of aliphatic hydroxyl groups is 1. The first kappa shape index (κ1) is 17.8. The molecular weight excluding hydrogens is 290 g/mol. The number of carbonyl (C=O) groups is 1. The van der Waals surface area contributed by atoms with Gasteiger partial charge in [-0.25, -0.2) is 0 Å². The summed E-state index contributed by atoms with van der Waals surface area (Å²) in [4.78, 5) is 12.4. The number of benzene rings is 1. The Labute approximate surface area is 139 Å². The number of hydrogen-bond acceptors (Lipinski definition) is 3. The van der Waals surface area contributed by atoms with Crippen LogP contribution in [0.5, 0.6) is 5.75 Å². The fraction of sp³-hybridized carbons (Fsp3) is 0.632. The molecule has 1 aromatic rings. The zero-order valence-electron chi connectivity index (χ0n) is 14.3. The monoisotopic (exact) mass is 319 g/mol. The lowest BCUT2D eigenvalue weighted by Gasteiger charge is -2.25. The molecule has 0 aromatic heterocycles. The zero-order chi connectivity index (χ0) is 16.7. The Balaban J connectivity index is 1.95.